The lowest BCUT2D eigenvalue weighted by molar-refractivity contribution is -0.137. The van der Waals surface area contributed by atoms with Crippen LogP contribution < -0.4 is 10.6 Å². The van der Waals surface area contributed by atoms with Crippen LogP contribution in [0.5, 0.6) is 0 Å². The lowest BCUT2D eigenvalue weighted by Gasteiger charge is -2.34. The van der Waals surface area contributed by atoms with E-state index in [0.29, 0.717) is 35.9 Å². The van der Waals surface area contributed by atoms with Crippen LogP contribution in [-0.2, 0) is 20.9 Å². The maximum Gasteiger partial charge on any atom is 0.255 e. The van der Waals surface area contributed by atoms with Gasteiger partial charge in [-0.05, 0) is 87.7 Å². The third-order valence-corrected chi connectivity index (χ3v) is 14.5. The molecule has 2 aromatic heterocycles. The molecule has 2 saturated heterocycles. The Hall–Kier alpha value is -4.41. The Morgan fingerprint density at radius 1 is 0.966 bits per heavy atom. The fraction of sp³-hybridized carbons (Fsp3) is 0.465. The van der Waals surface area contributed by atoms with Crippen molar-refractivity contribution in [2.24, 2.45) is 4.99 Å². The molecular formula is C43H50ClN9O4S2. The maximum absolute atomic E-state index is 13.5. The van der Waals surface area contributed by atoms with Crippen LogP contribution in [-0.4, -0.2) is 116 Å². The minimum Gasteiger partial charge on any atom is -0.355 e. The van der Waals surface area contributed by atoms with Gasteiger partial charge in [0.1, 0.15) is 22.9 Å². The fourth-order valence-electron chi connectivity index (χ4n) is 8.46. The number of nitrogens with one attached hydrogen (secondary N) is 2. The SMILES string of the molecule is Cc1sc2c(c1C)C(c1ccc(Cl)cc1)=N[C@@H](CC(=O)NCCN1CCN(CCCCCSc3cccc4c3CN(C3CCC(=O)NC3=O)C4=O)CC1)c1nnc(C)n1-2. The second-order valence-electron chi connectivity index (χ2n) is 15.7. The number of thiophene rings is 1. The predicted molar refractivity (Wildman–Crippen MR) is 231 cm³/mol. The van der Waals surface area contributed by atoms with Gasteiger partial charge in [-0.2, -0.15) is 0 Å². The first-order chi connectivity index (χ1) is 28.5. The smallest absolute Gasteiger partial charge is 0.255 e. The Kier molecular flexibility index (Phi) is 12.7. The third-order valence-electron chi connectivity index (χ3n) is 11.9. The van der Waals surface area contributed by atoms with Crippen LogP contribution in [0.3, 0.4) is 0 Å². The van der Waals surface area contributed by atoms with Gasteiger partial charge in [0.15, 0.2) is 5.82 Å². The van der Waals surface area contributed by atoms with E-state index >= 15 is 0 Å². The summed E-state index contributed by atoms with van der Waals surface area (Å²) in [7, 11) is 0. The molecule has 2 aromatic carbocycles. The van der Waals surface area contributed by atoms with Gasteiger partial charge in [-0.3, -0.25) is 39.0 Å². The van der Waals surface area contributed by atoms with Crippen LogP contribution in [0.1, 0.15) is 93.7 Å². The first-order valence-corrected chi connectivity index (χ1v) is 22.7. The number of imide groups is 1. The van der Waals surface area contributed by atoms with Crippen LogP contribution in [0.15, 0.2) is 52.4 Å². The van der Waals surface area contributed by atoms with E-state index in [1.54, 1.807) is 28.0 Å². The number of amides is 4. The lowest BCUT2D eigenvalue weighted by atomic mass is 9.99. The number of carbonyl (C=O) groups excluding carboxylic acids is 4. The van der Waals surface area contributed by atoms with E-state index in [0.717, 1.165) is 108 Å². The topological polar surface area (TPSA) is 145 Å². The molecule has 2 fully saturated rings. The number of fused-ring (bicyclic) bond motifs is 4. The number of halogens is 1. The largest absolute Gasteiger partial charge is 0.355 e. The van der Waals surface area contributed by atoms with Gasteiger partial charge in [0.25, 0.3) is 5.91 Å². The van der Waals surface area contributed by atoms with E-state index in [4.69, 9.17) is 16.6 Å². The minimum absolute atomic E-state index is 0.0595. The molecule has 0 aliphatic carbocycles. The Morgan fingerprint density at radius 3 is 2.49 bits per heavy atom. The van der Waals surface area contributed by atoms with Crippen molar-refractivity contribution in [3.63, 3.8) is 0 Å². The maximum atomic E-state index is 13.5. The summed E-state index contributed by atoms with van der Waals surface area (Å²) >= 11 is 9.73. The van der Waals surface area contributed by atoms with Gasteiger partial charge in [-0.25, -0.2) is 0 Å². The minimum atomic E-state index is -0.596. The first-order valence-electron chi connectivity index (χ1n) is 20.5. The highest BCUT2D eigenvalue weighted by molar-refractivity contribution is 7.99. The van der Waals surface area contributed by atoms with Crippen LogP contribution in [0.2, 0.25) is 5.02 Å². The van der Waals surface area contributed by atoms with Crippen LogP contribution >= 0.6 is 34.7 Å². The molecule has 0 saturated carbocycles. The fourth-order valence-corrected chi connectivity index (χ4v) is 10.9. The van der Waals surface area contributed by atoms with Gasteiger partial charge in [0.2, 0.25) is 17.7 Å². The van der Waals surface area contributed by atoms with E-state index in [2.05, 4.69) is 55.1 Å². The number of hydrogen-bond acceptors (Lipinski definition) is 11. The molecule has 0 bridgehead atoms. The van der Waals surface area contributed by atoms with Gasteiger partial charge in [-0.15, -0.1) is 33.3 Å². The van der Waals surface area contributed by atoms with Crippen molar-refractivity contribution in [1.29, 1.82) is 0 Å². The third kappa shape index (κ3) is 8.90. The Balaban J connectivity index is 0.760. The monoisotopic (exact) mass is 855 g/mol. The number of aryl methyl sites for hydroxylation is 2. The zero-order valence-electron chi connectivity index (χ0n) is 33.8. The van der Waals surface area contributed by atoms with Crippen molar-refractivity contribution >= 4 is 64.0 Å². The summed E-state index contributed by atoms with van der Waals surface area (Å²) in [5.41, 5.74) is 5.66. The summed E-state index contributed by atoms with van der Waals surface area (Å²) in [5.74, 6) is 1.57. The van der Waals surface area contributed by atoms with Crippen LogP contribution in [0.25, 0.3) is 5.00 Å². The normalized spacial score (nSPS) is 19.6. The van der Waals surface area contributed by atoms with E-state index in [1.807, 2.05) is 43.3 Å². The molecule has 16 heteroatoms. The van der Waals surface area contributed by atoms with Crippen molar-refractivity contribution in [1.82, 2.24) is 40.1 Å². The van der Waals surface area contributed by atoms with Crippen molar-refractivity contribution in [2.45, 2.75) is 82.8 Å². The zero-order chi connectivity index (χ0) is 41.2. The standard InChI is InChI=1S/C43H50ClN9O4S2/c1-26-27(2)59-43-38(26)39(29-10-12-30(44)13-11-29)46-33(40-49-48-28(3)53(40)43)24-37(55)45-16-18-51-21-19-50(20-22-51)17-5-4-6-23-58-35-9-7-8-31-32(35)25-52(42(31)57)34-14-15-36(54)47-41(34)56/h7-13,33-34H,4-6,14-25H2,1-3H3,(H,45,55)(H,47,54,56)/t33-,34?/m0/s1. The molecule has 4 aliphatic rings. The molecule has 2 N–H and O–H groups in total. The number of aromatic nitrogens is 3. The highest BCUT2D eigenvalue weighted by atomic mass is 35.5. The van der Waals surface area contributed by atoms with Gasteiger partial charge in [0, 0.05) is 83.7 Å². The first kappa shape index (κ1) is 41.3. The zero-order valence-corrected chi connectivity index (χ0v) is 36.1. The van der Waals surface area contributed by atoms with Gasteiger partial charge >= 0.3 is 0 Å². The molecule has 59 heavy (non-hydrogen) atoms. The molecule has 0 radical (unpaired) electrons. The number of piperazine rings is 1. The number of piperidine rings is 1. The summed E-state index contributed by atoms with van der Waals surface area (Å²) < 4.78 is 2.07. The Bertz CT molecular complexity index is 2280. The molecule has 0 spiro atoms. The van der Waals surface area contributed by atoms with E-state index in [1.165, 1.54) is 4.88 Å². The molecule has 8 rings (SSSR count). The molecule has 4 aliphatic heterocycles. The molecule has 6 heterocycles. The number of hydrogen-bond donors (Lipinski definition) is 2. The van der Waals surface area contributed by atoms with E-state index in [9.17, 15) is 19.2 Å². The summed E-state index contributed by atoms with van der Waals surface area (Å²) in [6, 6.07) is 12.5. The van der Waals surface area contributed by atoms with Gasteiger partial charge in [0.05, 0.1) is 12.1 Å². The summed E-state index contributed by atoms with van der Waals surface area (Å²) in [5, 5.41) is 16.2. The number of benzene rings is 2. The number of rotatable bonds is 14. The number of carbonyl (C=O) groups is 4. The van der Waals surface area contributed by atoms with Crippen molar-refractivity contribution in [2.75, 3.05) is 51.6 Å². The second kappa shape index (κ2) is 18.1. The highest BCUT2D eigenvalue weighted by Crippen LogP contribution is 2.40. The quantitative estimate of drug-likeness (QED) is 0.0935. The van der Waals surface area contributed by atoms with Crippen LogP contribution in [0, 0.1) is 20.8 Å². The van der Waals surface area contributed by atoms with E-state index < -0.39 is 12.1 Å². The molecule has 2 atom stereocenters. The second-order valence-corrected chi connectivity index (χ2v) is 18.5. The van der Waals surface area contributed by atoms with Crippen molar-refractivity contribution < 1.29 is 19.2 Å². The van der Waals surface area contributed by atoms with Gasteiger partial charge < -0.3 is 15.1 Å². The highest BCUT2D eigenvalue weighted by Gasteiger charge is 2.40. The molecule has 310 valence electrons. The van der Waals surface area contributed by atoms with Gasteiger partial charge in [-0.1, -0.05) is 36.2 Å². The molecule has 4 amide bonds. The number of thioether (sulfide) groups is 1. The Labute approximate surface area is 358 Å². The van der Waals surface area contributed by atoms with E-state index in [-0.39, 0.29) is 36.5 Å². The summed E-state index contributed by atoms with van der Waals surface area (Å²) in [6.45, 7) is 13.0. The molecule has 13 nitrogen and oxygen atoms in total. The number of nitrogens with zero attached hydrogens (tertiary/aromatic N) is 7. The average Bonchev–Trinajstić information content (AvgIpc) is 3.84. The number of unbranched alkanes of at least 4 members (excludes halogenated alkanes) is 2. The average molecular weight is 857 g/mol. The number of aliphatic imine (C=N–C) groups is 1. The van der Waals surface area contributed by atoms with Crippen molar-refractivity contribution in [3.05, 3.63) is 91.8 Å². The van der Waals surface area contributed by atoms with Crippen LogP contribution in [0.4, 0.5) is 0 Å². The summed E-state index contributed by atoms with van der Waals surface area (Å²) in [4.78, 5) is 64.8. The predicted octanol–water partition coefficient (Wildman–Crippen LogP) is 5.65. The molecule has 1 unspecified atom stereocenters. The molecular weight excluding hydrogens is 806 g/mol. The summed E-state index contributed by atoms with van der Waals surface area (Å²) in [6.07, 6.45) is 4.14. The lowest BCUT2D eigenvalue weighted by Crippen LogP contribution is -2.52. The Morgan fingerprint density at radius 2 is 1.73 bits per heavy atom. The molecule has 4 aromatic rings. The van der Waals surface area contributed by atoms with Crippen molar-refractivity contribution in [3.8, 4) is 5.00 Å².